The van der Waals surface area contributed by atoms with Gasteiger partial charge in [-0.25, -0.2) is 19.3 Å². The summed E-state index contributed by atoms with van der Waals surface area (Å²) in [6.45, 7) is 0. The van der Waals surface area contributed by atoms with E-state index in [0.717, 1.165) is 0 Å². The van der Waals surface area contributed by atoms with Crippen molar-refractivity contribution in [2.24, 2.45) is 0 Å². The number of rotatable bonds is 1. The van der Waals surface area contributed by atoms with Crippen LogP contribution in [-0.4, -0.2) is 30.7 Å². The van der Waals surface area contributed by atoms with Gasteiger partial charge < -0.3 is 5.11 Å². The predicted octanol–water partition coefficient (Wildman–Crippen LogP) is -0.178. The largest absolute Gasteiger partial charge is 0.477 e. The summed E-state index contributed by atoms with van der Waals surface area (Å²) in [4.78, 5) is 18.0. The smallest absolute Gasteiger partial charge is 0.341 e. The first kappa shape index (κ1) is 6.71. The van der Waals surface area contributed by atoms with E-state index in [1.165, 1.54) is 23.4 Å². The zero-order valence-electron chi connectivity index (χ0n) is 5.88. The maximum atomic E-state index is 10.6. The molecule has 12 heavy (non-hydrogen) atoms. The van der Waals surface area contributed by atoms with Gasteiger partial charge in [0.1, 0.15) is 18.2 Å². The van der Waals surface area contributed by atoms with Crippen LogP contribution in [-0.2, 0) is 0 Å². The van der Waals surface area contributed by atoms with Crippen molar-refractivity contribution in [3.63, 3.8) is 0 Å². The number of nitrogens with zero attached hydrogens (tertiary/aromatic N) is 4. The van der Waals surface area contributed by atoms with Crippen molar-refractivity contribution < 1.29 is 9.90 Å². The van der Waals surface area contributed by atoms with E-state index in [2.05, 4.69) is 15.1 Å². The van der Waals surface area contributed by atoms with E-state index >= 15 is 0 Å². The number of aromatic nitrogens is 4. The third-order valence-electron chi connectivity index (χ3n) is 1.42. The van der Waals surface area contributed by atoms with Gasteiger partial charge in [-0.3, -0.25) is 0 Å². The van der Waals surface area contributed by atoms with Gasteiger partial charge in [-0.15, -0.1) is 0 Å². The van der Waals surface area contributed by atoms with Crippen LogP contribution in [0.15, 0.2) is 18.9 Å². The molecule has 6 heteroatoms. The maximum Gasteiger partial charge on any atom is 0.341 e. The molecule has 0 aliphatic carbocycles. The second kappa shape index (κ2) is 2.26. The minimum atomic E-state index is -1.05. The molecule has 1 N–H and O–H groups in total. The second-order valence-corrected chi connectivity index (χ2v) is 2.14. The normalized spacial score (nSPS) is 10.3. The molecule has 0 saturated heterocycles. The molecule has 2 aromatic rings. The molecule has 0 fully saturated rings. The van der Waals surface area contributed by atoms with E-state index in [-0.39, 0.29) is 5.56 Å². The van der Waals surface area contributed by atoms with E-state index in [9.17, 15) is 4.79 Å². The molecular formula is C6H4N4O2. The molecule has 0 aliphatic heterocycles. The van der Waals surface area contributed by atoms with Gasteiger partial charge in [0.05, 0.1) is 0 Å². The SMILES string of the molecule is O=C(O)c1cncn2ncnc12. The van der Waals surface area contributed by atoms with Crippen LogP contribution in [0.5, 0.6) is 0 Å². The van der Waals surface area contributed by atoms with Crippen LogP contribution in [0.1, 0.15) is 10.4 Å². The molecule has 0 unspecified atom stereocenters. The van der Waals surface area contributed by atoms with Crippen LogP contribution in [0.2, 0.25) is 0 Å². The fourth-order valence-corrected chi connectivity index (χ4v) is 0.907. The molecule has 2 aromatic heterocycles. The molecule has 0 spiro atoms. The highest BCUT2D eigenvalue weighted by Gasteiger charge is 2.09. The predicted molar refractivity (Wildman–Crippen MR) is 37.7 cm³/mol. The lowest BCUT2D eigenvalue weighted by Crippen LogP contribution is -2.02. The summed E-state index contributed by atoms with van der Waals surface area (Å²) in [5.41, 5.74) is 0.354. The summed E-state index contributed by atoms with van der Waals surface area (Å²) >= 11 is 0. The summed E-state index contributed by atoms with van der Waals surface area (Å²) in [5, 5.41) is 12.4. The summed E-state index contributed by atoms with van der Waals surface area (Å²) in [5.74, 6) is -1.05. The Hall–Kier alpha value is -1.98. The number of carbonyl (C=O) groups is 1. The summed E-state index contributed by atoms with van der Waals surface area (Å²) in [6, 6.07) is 0. The summed E-state index contributed by atoms with van der Waals surface area (Å²) in [7, 11) is 0. The first-order valence-electron chi connectivity index (χ1n) is 3.15. The number of carboxylic acids is 1. The fourth-order valence-electron chi connectivity index (χ4n) is 0.907. The van der Waals surface area contributed by atoms with E-state index in [0.29, 0.717) is 5.65 Å². The van der Waals surface area contributed by atoms with E-state index in [1.807, 2.05) is 0 Å². The Labute approximate surface area is 66.5 Å². The molecule has 6 nitrogen and oxygen atoms in total. The Bertz CT molecular complexity index is 436. The van der Waals surface area contributed by atoms with Crippen molar-refractivity contribution in [1.29, 1.82) is 0 Å². The number of hydrogen-bond acceptors (Lipinski definition) is 4. The molecule has 60 valence electrons. The Morgan fingerprint density at radius 3 is 3.17 bits per heavy atom. The highest BCUT2D eigenvalue weighted by Crippen LogP contribution is 2.03. The average Bonchev–Trinajstić information content (AvgIpc) is 2.49. The second-order valence-electron chi connectivity index (χ2n) is 2.14. The van der Waals surface area contributed by atoms with E-state index in [4.69, 9.17) is 5.11 Å². The minimum Gasteiger partial charge on any atom is -0.477 e. The van der Waals surface area contributed by atoms with Crippen LogP contribution < -0.4 is 0 Å². The van der Waals surface area contributed by atoms with Gasteiger partial charge >= 0.3 is 5.97 Å². The third kappa shape index (κ3) is 0.815. The minimum absolute atomic E-state index is 0.0509. The molecule has 2 rings (SSSR count). The molecule has 2 heterocycles. The first-order chi connectivity index (χ1) is 5.79. The highest BCUT2D eigenvalue weighted by molar-refractivity contribution is 5.93. The first-order valence-corrected chi connectivity index (χ1v) is 3.15. The summed E-state index contributed by atoms with van der Waals surface area (Å²) < 4.78 is 1.31. The van der Waals surface area contributed by atoms with Crippen LogP contribution >= 0.6 is 0 Å². The van der Waals surface area contributed by atoms with Crippen LogP contribution in [0, 0.1) is 0 Å². The molecular weight excluding hydrogens is 160 g/mol. The van der Waals surface area contributed by atoms with Gasteiger partial charge in [-0.05, 0) is 0 Å². The lowest BCUT2D eigenvalue weighted by Gasteiger charge is -1.93. The number of carboxylic acid groups (broad SMARTS) is 1. The fraction of sp³-hybridized carbons (Fsp3) is 0. The Morgan fingerprint density at radius 2 is 2.42 bits per heavy atom. The van der Waals surface area contributed by atoms with Crippen LogP contribution in [0.3, 0.4) is 0 Å². The van der Waals surface area contributed by atoms with Gasteiger partial charge in [-0.2, -0.15) is 5.10 Å². The number of aromatic carboxylic acids is 1. The van der Waals surface area contributed by atoms with Crippen LogP contribution in [0.4, 0.5) is 0 Å². The Balaban J connectivity index is 2.82. The molecule has 0 radical (unpaired) electrons. The van der Waals surface area contributed by atoms with Gasteiger partial charge in [-0.1, -0.05) is 0 Å². The molecule has 0 bridgehead atoms. The van der Waals surface area contributed by atoms with E-state index < -0.39 is 5.97 Å². The van der Waals surface area contributed by atoms with Crippen molar-refractivity contribution in [3.05, 3.63) is 24.4 Å². The zero-order valence-corrected chi connectivity index (χ0v) is 5.88. The lowest BCUT2D eigenvalue weighted by atomic mass is 10.3. The van der Waals surface area contributed by atoms with Gasteiger partial charge in [0.15, 0.2) is 5.65 Å². The highest BCUT2D eigenvalue weighted by atomic mass is 16.4. The third-order valence-corrected chi connectivity index (χ3v) is 1.42. The number of hydrogen-bond donors (Lipinski definition) is 1. The number of fused-ring (bicyclic) bond motifs is 1. The molecule has 0 amide bonds. The van der Waals surface area contributed by atoms with Crippen molar-refractivity contribution in [1.82, 2.24) is 19.6 Å². The standard InChI is InChI=1S/C6H4N4O2/c11-6(12)4-1-7-3-10-5(4)8-2-9-10/h1-3H,(H,11,12). The van der Waals surface area contributed by atoms with Crippen molar-refractivity contribution in [3.8, 4) is 0 Å². The van der Waals surface area contributed by atoms with Crippen LogP contribution in [0.25, 0.3) is 5.65 Å². The van der Waals surface area contributed by atoms with Crippen molar-refractivity contribution in [2.75, 3.05) is 0 Å². The molecule has 0 atom stereocenters. The monoisotopic (exact) mass is 164 g/mol. The topological polar surface area (TPSA) is 80.4 Å². The van der Waals surface area contributed by atoms with Crippen molar-refractivity contribution in [2.45, 2.75) is 0 Å². The van der Waals surface area contributed by atoms with E-state index in [1.54, 1.807) is 0 Å². The van der Waals surface area contributed by atoms with Crippen molar-refractivity contribution >= 4 is 11.6 Å². The van der Waals surface area contributed by atoms with Gasteiger partial charge in [0.25, 0.3) is 0 Å². The zero-order chi connectivity index (χ0) is 8.55. The Kier molecular flexibility index (Phi) is 1.26. The quantitative estimate of drug-likeness (QED) is 0.632. The lowest BCUT2D eigenvalue weighted by molar-refractivity contribution is 0.0698. The summed E-state index contributed by atoms with van der Waals surface area (Å²) in [6.07, 6.45) is 3.92. The molecule has 0 aliphatic rings. The Morgan fingerprint density at radius 1 is 1.58 bits per heavy atom. The van der Waals surface area contributed by atoms with Gasteiger partial charge in [0, 0.05) is 6.20 Å². The maximum absolute atomic E-state index is 10.6. The average molecular weight is 164 g/mol. The molecule has 0 saturated carbocycles. The van der Waals surface area contributed by atoms with Gasteiger partial charge in [0.2, 0.25) is 0 Å². The molecule has 0 aromatic carbocycles.